The predicted octanol–water partition coefficient (Wildman–Crippen LogP) is 2.06. The van der Waals surface area contributed by atoms with Crippen LogP contribution in [0.2, 0.25) is 0 Å². The number of hydrogen-bond donors (Lipinski definition) is 2. The Morgan fingerprint density at radius 2 is 2.23 bits per heavy atom. The Balaban J connectivity index is 2.83. The van der Waals surface area contributed by atoms with Gasteiger partial charge < -0.3 is 0 Å². The number of hydrogen-bond acceptors (Lipinski definition) is 4. The van der Waals surface area contributed by atoms with Gasteiger partial charge in [0, 0.05) is 4.88 Å². The molecule has 3 N–H and O–H groups in total. The first-order valence-electron chi connectivity index (χ1n) is 4.59. The number of thiazole rings is 1. The molecule has 0 saturated heterocycles. The molecule has 1 rings (SSSR count). The minimum Gasteiger partial charge on any atom is -0.271 e. The van der Waals surface area contributed by atoms with Crippen molar-refractivity contribution in [3.63, 3.8) is 0 Å². The van der Waals surface area contributed by atoms with Gasteiger partial charge in [0.1, 0.15) is 0 Å². The third kappa shape index (κ3) is 2.49. The van der Waals surface area contributed by atoms with Crippen LogP contribution in [0.25, 0.3) is 0 Å². The van der Waals surface area contributed by atoms with E-state index in [9.17, 15) is 0 Å². The number of aromatic nitrogens is 1. The van der Waals surface area contributed by atoms with Gasteiger partial charge in [-0.25, -0.2) is 4.98 Å². The van der Waals surface area contributed by atoms with Crippen LogP contribution in [0.1, 0.15) is 41.4 Å². The lowest BCUT2D eigenvalue weighted by Gasteiger charge is -2.12. The molecule has 1 atom stereocenters. The van der Waals surface area contributed by atoms with Crippen molar-refractivity contribution in [1.82, 2.24) is 10.4 Å². The van der Waals surface area contributed by atoms with Crippen LogP contribution >= 0.6 is 11.3 Å². The number of nitrogens with two attached hydrogens (primary N) is 1. The fourth-order valence-electron chi connectivity index (χ4n) is 1.45. The maximum Gasteiger partial charge on any atom is 0.0900 e. The van der Waals surface area contributed by atoms with Crippen molar-refractivity contribution in [1.29, 1.82) is 0 Å². The van der Waals surface area contributed by atoms with E-state index in [1.54, 1.807) is 11.3 Å². The zero-order valence-electron chi connectivity index (χ0n) is 8.42. The van der Waals surface area contributed by atoms with Crippen LogP contribution in [0.15, 0.2) is 0 Å². The maximum atomic E-state index is 5.50. The molecular weight excluding hydrogens is 182 g/mol. The average molecular weight is 199 g/mol. The van der Waals surface area contributed by atoms with Crippen LogP contribution in [0, 0.1) is 13.8 Å². The SMILES string of the molecule is CCCC(NN)c1sc(C)nc1C. The molecule has 1 unspecified atom stereocenters. The largest absolute Gasteiger partial charge is 0.271 e. The third-order valence-corrected chi connectivity index (χ3v) is 3.22. The molecule has 13 heavy (non-hydrogen) atoms. The van der Waals surface area contributed by atoms with Crippen molar-refractivity contribution in [2.45, 2.75) is 39.7 Å². The highest BCUT2D eigenvalue weighted by atomic mass is 32.1. The van der Waals surface area contributed by atoms with Crippen molar-refractivity contribution in [2.24, 2.45) is 5.84 Å². The van der Waals surface area contributed by atoms with Crippen molar-refractivity contribution >= 4 is 11.3 Å². The molecule has 1 aromatic rings. The molecule has 0 aromatic carbocycles. The Kier molecular flexibility index (Phi) is 3.84. The zero-order chi connectivity index (χ0) is 9.84. The van der Waals surface area contributed by atoms with Gasteiger partial charge in [0.2, 0.25) is 0 Å². The fourth-order valence-corrected chi connectivity index (χ4v) is 2.47. The van der Waals surface area contributed by atoms with E-state index < -0.39 is 0 Å². The van der Waals surface area contributed by atoms with Crippen molar-refractivity contribution in [2.75, 3.05) is 0 Å². The highest BCUT2D eigenvalue weighted by Crippen LogP contribution is 2.26. The second kappa shape index (κ2) is 4.69. The Morgan fingerprint density at radius 1 is 1.54 bits per heavy atom. The maximum absolute atomic E-state index is 5.50. The first-order chi connectivity index (χ1) is 6.19. The molecule has 0 bridgehead atoms. The number of aryl methyl sites for hydroxylation is 2. The predicted molar refractivity (Wildman–Crippen MR) is 56.6 cm³/mol. The van der Waals surface area contributed by atoms with Crippen LogP contribution in [-0.4, -0.2) is 4.98 Å². The summed E-state index contributed by atoms with van der Waals surface area (Å²) in [6, 6.07) is 0.274. The molecule has 0 aliphatic rings. The van der Waals surface area contributed by atoms with E-state index in [-0.39, 0.29) is 6.04 Å². The molecule has 1 aromatic heterocycles. The van der Waals surface area contributed by atoms with Crippen LogP contribution < -0.4 is 11.3 Å². The molecule has 0 amide bonds. The van der Waals surface area contributed by atoms with E-state index in [1.165, 1.54) is 4.88 Å². The number of rotatable bonds is 4. The summed E-state index contributed by atoms with van der Waals surface area (Å²) in [5.74, 6) is 5.50. The third-order valence-electron chi connectivity index (χ3n) is 2.03. The molecule has 4 heteroatoms. The quantitative estimate of drug-likeness (QED) is 0.576. The Labute approximate surface area is 83.3 Å². The molecule has 0 saturated carbocycles. The van der Waals surface area contributed by atoms with Crippen LogP contribution in [0.3, 0.4) is 0 Å². The fraction of sp³-hybridized carbons (Fsp3) is 0.667. The van der Waals surface area contributed by atoms with Gasteiger partial charge in [-0.05, 0) is 20.3 Å². The molecule has 0 radical (unpaired) electrons. The Bertz CT molecular complexity index is 270. The molecule has 3 nitrogen and oxygen atoms in total. The van der Waals surface area contributed by atoms with Crippen LogP contribution in [0.5, 0.6) is 0 Å². The summed E-state index contributed by atoms with van der Waals surface area (Å²) in [5, 5.41) is 1.11. The van der Waals surface area contributed by atoms with Gasteiger partial charge in [0.15, 0.2) is 0 Å². The van der Waals surface area contributed by atoms with Gasteiger partial charge in [0.05, 0.1) is 16.7 Å². The highest BCUT2D eigenvalue weighted by Gasteiger charge is 2.14. The van der Waals surface area contributed by atoms with E-state index >= 15 is 0 Å². The molecule has 0 aliphatic carbocycles. The summed E-state index contributed by atoms with van der Waals surface area (Å²) < 4.78 is 0. The minimum absolute atomic E-state index is 0.274. The van der Waals surface area contributed by atoms with Crippen molar-refractivity contribution in [3.8, 4) is 0 Å². The van der Waals surface area contributed by atoms with E-state index in [0.717, 1.165) is 23.5 Å². The Morgan fingerprint density at radius 3 is 2.62 bits per heavy atom. The van der Waals surface area contributed by atoms with Crippen molar-refractivity contribution < 1.29 is 0 Å². The summed E-state index contributed by atoms with van der Waals surface area (Å²) >= 11 is 1.73. The van der Waals surface area contributed by atoms with Crippen molar-refractivity contribution in [3.05, 3.63) is 15.6 Å². The molecule has 0 fully saturated rings. The Hall–Kier alpha value is -0.450. The average Bonchev–Trinajstić information content (AvgIpc) is 2.41. The molecular formula is C9H17N3S. The summed E-state index contributed by atoms with van der Waals surface area (Å²) in [7, 11) is 0. The topological polar surface area (TPSA) is 50.9 Å². The van der Waals surface area contributed by atoms with Crippen LogP contribution in [-0.2, 0) is 0 Å². The lowest BCUT2D eigenvalue weighted by Crippen LogP contribution is -2.27. The number of nitrogens with one attached hydrogen (secondary N) is 1. The summed E-state index contributed by atoms with van der Waals surface area (Å²) in [6.07, 6.45) is 2.20. The normalized spacial score (nSPS) is 13.2. The van der Waals surface area contributed by atoms with Gasteiger partial charge >= 0.3 is 0 Å². The van der Waals surface area contributed by atoms with Crippen LogP contribution in [0.4, 0.5) is 0 Å². The minimum atomic E-state index is 0.274. The van der Waals surface area contributed by atoms with E-state index in [4.69, 9.17) is 5.84 Å². The van der Waals surface area contributed by atoms with Gasteiger partial charge in [-0.15, -0.1) is 11.3 Å². The van der Waals surface area contributed by atoms with E-state index in [2.05, 4.69) is 17.3 Å². The van der Waals surface area contributed by atoms with Gasteiger partial charge in [-0.3, -0.25) is 11.3 Å². The molecule has 0 aliphatic heterocycles. The lowest BCUT2D eigenvalue weighted by molar-refractivity contribution is 0.515. The van der Waals surface area contributed by atoms with Gasteiger partial charge in [0.25, 0.3) is 0 Å². The lowest BCUT2D eigenvalue weighted by atomic mass is 10.1. The summed E-state index contributed by atoms with van der Waals surface area (Å²) in [6.45, 7) is 6.23. The first kappa shape index (κ1) is 10.6. The van der Waals surface area contributed by atoms with E-state index in [1.807, 2.05) is 13.8 Å². The highest BCUT2D eigenvalue weighted by molar-refractivity contribution is 7.11. The number of hydrazine groups is 1. The zero-order valence-corrected chi connectivity index (χ0v) is 9.24. The standard InChI is InChI=1S/C9H17N3S/c1-4-5-8(12-10)9-6(2)11-7(3)13-9/h8,12H,4-5,10H2,1-3H3. The van der Waals surface area contributed by atoms with Gasteiger partial charge in [-0.2, -0.15) is 0 Å². The smallest absolute Gasteiger partial charge is 0.0900 e. The second-order valence-corrected chi connectivity index (χ2v) is 4.43. The molecule has 1 heterocycles. The summed E-state index contributed by atoms with van der Waals surface area (Å²) in [5.41, 5.74) is 3.95. The second-order valence-electron chi connectivity index (χ2n) is 3.19. The van der Waals surface area contributed by atoms with E-state index in [0.29, 0.717) is 0 Å². The van der Waals surface area contributed by atoms with Gasteiger partial charge in [-0.1, -0.05) is 13.3 Å². The molecule has 74 valence electrons. The molecule has 0 spiro atoms. The number of nitrogens with zero attached hydrogens (tertiary/aromatic N) is 1. The first-order valence-corrected chi connectivity index (χ1v) is 5.40. The monoisotopic (exact) mass is 199 g/mol. The summed E-state index contributed by atoms with van der Waals surface area (Å²) in [4.78, 5) is 5.66.